The van der Waals surface area contributed by atoms with Crippen molar-refractivity contribution in [3.8, 4) is 0 Å². The molecule has 3 heterocycles. The quantitative estimate of drug-likeness (QED) is 0.865. The molecule has 1 atom stereocenters. The molecule has 0 saturated carbocycles. The van der Waals surface area contributed by atoms with E-state index in [4.69, 9.17) is 0 Å². The Morgan fingerprint density at radius 1 is 1.42 bits per heavy atom. The lowest BCUT2D eigenvalue weighted by atomic mass is 9.95. The first-order valence-corrected chi connectivity index (χ1v) is 5.94. The molecular weight excluding hydrogens is 244 g/mol. The third-order valence-electron chi connectivity index (χ3n) is 3.21. The zero-order chi connectivity index (χ0) is 13.6. The van der Waals surface area contributed by atoms with Gasteiger partial charge in [-0.15, -0.1) is 0 Å². The van der Waals surface area contributed by atoms with E-state index in [1.165, 1.54) is 6.33 Å². The first kappa shape index (κ1) is 11.6. The van der Waals surface area contributed by atoms with Gasteiger partial charge in [0.1, 0.15) is 12.4 Å². The van der Waals surface area contributed by atoms with Crippen molar-refractivity contribution in [1.29, 1.82) is 0 Å². The van der Waals surface area contributed by atoms with E-state index < -0.39 is 0 Å². The van der Waals surface area contributed by atoms with Crippen LogP contribution in [-0.2, 0) is 11.8 Å². The van der Waals surface area contributed by atoms with Crippen molar-refractivity contribution in [2.75, 3.05) is 5.32 Å². The zero-order valence-corrected chi connectivity index (χ0v) is 11.0. The molecule has 3 rings (SSSR count). The molecule has 0 aliphatic carbocycles. The van der Waals surface area contributed by atoms with Gasteiger partial charge in [-0.05, 0) is 13.8 Å². The van der Waals surface area contributed by atoms with Gasteiger partial charge in [-0.3, -0.25) is 9.48 Å². The van der Waals surface area contributed by atoms with E-state index in [1.54, 1.807) is 22.5 Å². The number of carbonyl (C=O) groups is 1. The van der Waals surface area contributed by atoms with Gasteiger partial charge in [-0.25, -0.2) is 4.68 Å². The second kappa shape index (κ2) is 4.04. The molecule has 2 aromatic rings. The lowest BCUT2D eigenvalue weighted by molar-refractivity contribution is -0.114. The molecule has 0 saturated heterocycles. The maximum Gasteiger partial charge on any atom is 0.226 e. The summed E-state index contributed by atoms with van der Waals surface area (Å²) in [6, 6.07) is -0.273. The average Bonchev–Trinajstić information content (AvgIpc) is 2.95. The Kier molecular flexibility index (Phi) is 2.48. The molecule has 0 radical (unpaired) electrons. The van der Waals surface area contributed by atoms with Crippen LogP contribution in [0.25, 0.3) is 0 Å². The average molecular weight is 258 g/mol. The number of nitrogens with one attached hydrogen (secondary N) is 1. The molecule has 0 bridgehead atoms. The molecule has 0 unspecified atom stereocenters. The van der Waals surface area contributed by atoms with Gasteiger partial charge >= 0.3 is 0 Å². The molecular formula is C12H14N6O. The fraction of sp³-hybridized carbons (Fsp3) is 0.333. The molecule has 1 aliphatic rings. The van der Waals surface area contributed by atoms with Crippen molar-refractivity contribution in [2.45, 2.75) is 19.9 Å². The molecule has 98 valence electrons. The standard InChI is InChI=1S/C12H14N6O/c1-7-10(8(2)19)11(9-4-14-17(3)5-9)18-12(16-7)13-6-15-18/h4-6,11H,1-3H3,(H,13,15,16)/t11-/m0/s1. The predicted molar refractivity (Wildman–Crippen MR) is 68.4 cm³/mol. The highest BCUT2D eigenvalue weighted by Crippen LogP contribution is 2.34. The van der Waals surface area contributed by atoms with Crippen LogP contribution in [0, 0.1) is 0 Å². The van der Waals surface area contributed by atoms with Crippen molar-refractivity contribution in [2.24, 2.45) is 7.05 Å². The van der Waals surface area contributed by atoms with Gasteiger partial charge in [0.2, 0.25) is 5.95 Å². The summed E-state index contributed by atoms with van der Waals surface area (Å²) in [5, 5.41) is 11.5. The molecule has 7 nitrogen and oxygen atoms in total. The highest BCUT2D eigenvalue weighted by molar-refractivity contribution is 5.96. The van der Waals surface area contributed by atoms with Crippen LogP contribution in [0.3, 0.4) is 0 Å². The third-order valence-corrected chi connectivity index (χ3v) is 3.21. The monoisotopic (exact) mass is 258 g/mol. The number of allylic oxidation sites excluding steroid dienone is 2. The number of Topliss-reactive ketones (excluding diaryl/α,β-unsaturated/α-hetero) is 1. The van der Waals surface area contributed by atoms with Gasteiger partial charge in [0, 0.05) is 30.1 Å². The van der Waals surface area contributed by atoms with Crippen LogP contribution in [0.2, 0.25) is 0 Å². The summed E-state index contributed by atoms with van der Waals surface area (Å²) in [5.74, 6) is 0.649. The summed E-state index contributed by atoms with van der Waals surface area (Å²) in [5.41, 5.74) is 2.41. The number of rotatable bonds is 2. The minimum absolute atomic E-state index is 0.0139. The molecule has 19 heavy (non-hydrogen) atoms. The normalized spacial score (nSPS) is 18.2. The van der Waals surface area contributed by atoms with Crippen LogP contribution in [0.1, 0.15) is 25.5 Å². The van der Waals surface area contributed by atoms with Gasteiger partial charge < -0.3 is 5.32 Å². The molecule has 1 N–H and O–H groups in total. The number of carbonyl (C=O) groups excluding carboxylic acids is 1. The van der Waals surface area contributed by atoms with E-state index in [0.29, 0.717) is 11.5 Å². The molecule has 0 aromatic carbocycles. The predicted octanol–water partition coefficient (Wildman–Crippen LogP) is 0.889. The van der Waals surface area contributed by atoms with Crippen molar-refractivity contribution in [3.05, 3.63) is 35.6 Å². The van der Waals surface area contributed by atoms with Crippen LogP contribution >= 0.6 is 0 Å². The zero-order valence-electron chi connectivity index (χ0n) is 11.0. The summed E-state index contributed by atoms with van der Waals surface area (Å²) in [7, 11) is 1.84. The number of nitrogens with zero attached hydrogens (tertiary/aromatic N) is 5. The van der Waals surface area contributed by atoms with Crippen molar-refractivity contribution >= 4 is 11.7 Å². The highest BCUT2D eigenvalue weighted by Gasteiger charge is 2.32. The number of aryl methyl sites for hydroxylation is 1. The largest absolute Gasteiger partial charge is 0.328 e. The molecule has 7 heteroatoms. The Morgan fingerprint density at radius 3 is 2.84 bits per heavy atom. The van der Waals surface area contributed by atoms with Gasteiger partial charge in [0.15, 0.2) is 5.78 Å². The number of anilines is 1. The highest BCUT2D eigenvalue weighted by atomic mass is 16.1. The SMILES string of the molecule is CC(=O)C1=C(C)Nc2ncnn2[C@H]1c1cnn(C)c1. The Balaban J connectivity index is 2.20. The summed E-state index contributed by atoms with van der Waals surface area (Å²) >= 11 is 0. The number of fused-ring (bicyclic) bond motifs is 1. The fourth-order valence-corrected chi connectivity index (χ4v) is 2.44. The van der Waals surface area contributed by atoms with Gasteiger partial charge in [0.25, 0.3) is 0 Å². The van der Waals surface area contributed by atoms with Crippen molar-refractivity contribution < 1.29 is 4.79 Å². The summed E-state index contributed by atoms with van der Waals surface area (Å²) in [4.78, 5) is 16.1. The number of hydrogen-bond acceptors (Lipinski definition) is 5. The second-order valence-electron chi connectivity index (χ2n) is 4.60. The lowest BCUT2D eigenvalue weighted by Crippen LogP contribution is -2.27. The Hall–Kier alpha value is -2.44. The maximum atomic E-state index is 11.9. The van der Waals surface area contributed by atoms with Crippen molar-refractivity contribution in [1.82, 2.24) is 24.5 Å². The minimum Gasteiger partial charge on any atom is -0.328 e. The first-order chi connectivity index (χ1) is 9.08. The number of ketones is 1. The number of hydrogen-bond donors (Lipinski definition) is 1. The third kappa shape index (κ3) is 1.74. The van der Waals surface area contributed by atoms with Crippen LogP contribution in [-0.4, -0.2) is 30.3 Å². The van der Waals surface area contributed by atoms with Gasteiger partial charge in [-0.1, -0.05) is 0 Å². The summed E-state index contributed by atoms with van der Waals surface area (Å²) in [6.45, 7) is 3.43. The molecule has 0 spiro atoms. The Bertz CT molecular complexity index is 680. The minimum atomic E-state index is -0.273. The summed E-state index contributed by atoms with van der Waals surface area (Å²) < 4.78 is 3.42. The fourth-order valence-electron chi connectivity index (χ4n) is 2.44. The van der Waals surface area contributed by atoms with E-state index in [9.17, 15) is 4.79 Å². The number of aromatic nitrogens is 5. The smallest absolute Gasteiger partial charge is 0.226 e. The molecule has 2 aromatic heterocycles. The van der Waals surface area contributed by atoms with E-state index in [1.807, 2.05) is 20.2 Å². The van der Waals surface area contributed by atoms with E-state index >= 15 is 0 Å². The van der Waals surface area contributed by atoms with E-state index in [-0.39, 0.29) is 11.8 Å². The first-order valence-electron chi connectivity index (χ1n) is 5.94. The van der Waals surface area contributed by atoms with E-state index in [2.05, 4.69) is 20.5 Å². The molecule has 0 amide bonds. The molecule has 1 aliphatic heterocycles. The lowest BCUT2D eigenvalue weighted by Gasteiger charge is -2.26. The van der Waals surface area contributed by atoms with Crippen LogP contribution in [0.15, 0.2) is 30.0 Å². The van der Waals surface area contributed by atoms with E-state index in [0.717, 1.165) is 11.3 Å². The molecule has 0 fully saturated rings. The van der Waals surface area contributed by atoms with Gasteiger partial charge in [-0.2, -0.15) is 15.2 Å². The Labute approximate surface area is 109 Å². The second-order valence-corrected chi connectivity index (χ2v) is 4.60. The van der Waals surface area contributed by atoms with Gasteiger partial charge in [0.05, 0.1) is 6.20 Å². The summed E-state index contributed by atoms with van der Waals surface area (Å²) in [6.07, 6.45) is 5.11. The Morgan fingerprint density at radius 2 is 2.21 bits per heavy atom. The topological polar surface area (TPSA) is 77.6 Å². The van der Waals surface area contributed by atoms with Crippen LogP contribution < -0.4 is 5.32 Å². The maximum absolute atomic E-state index is 11.9. The van der Waals surface area contributed by atoms with Crippen LogP contribution in [0.5, 0.6) is 0 Å². The van der Waals surface area contributed by atoms with Crippen molar-refractivity contribution in [3.63, 3.8) is 0 Å². The van der Waals surface area contributed by atoms with Crippen LogP contribution in [0.4, 0.5) is 5.95 Å².